The van der Waals surface area contributed by atoms with E-state index in [9.17, 15) is 4.39 Å². The van der Waals surface area contributed by atoms with Crippen molar-refractivity contribution in [1.29, 1.82) is 0 Å². The third-order valence-corrected chi connectivity index (χ3v) is 3.04. The molecule has 0 saturated heterocycles. The minimum atomic E-state index is -0.375. The topological polar surface area (TPSA) is 12.0 Å². The molecule has 0 atom stereocenters. The zero-order chi connectivity index (χ0) is 13.7. The summed E-state index contributed by atoms with van der Waals surface area (Å²) in [7, 11) is 0. The number of rotatable bonds is 5. The van der Waals surface area contributed by atoms with E-state index in [4.69, 9.17) is 11.6 Å². The Morgan fingerprint density at radius 2 is 2.00 bits per heavy atom. The van der Waals surface area contributed by atoms with Gasteiger partial charge in [-0.15, -0.1) is 0 Å². The van der Waals surface area contributed by atoms with Crippen molar-refractivity contribution in [2.75, 3.05) is 6.54 Å². The Morgan fingerprint density at radius 1 is 1.33 bits per heavy atom. The molecule has 1 rings (SSSR count). The maximum atomic E-state index is 13.1. The van der Waals surface area contributed by atoms with Crippen molar-refractivity contribution in [2.45, 2.75) is 33.7 Å². The summed E-state index contributed by atoms with van der Waals surface area (Å²) in [6.45, 7) is 9.38. The minimum absolute atomic E-state index is 0.170. The Balaban J connectivity index is 2.89. The zero-order valence-corrected chi connectivity index (χ0v) is 12.2. The average molecular weight is 270 g/mol. The Kier molecular flexibility index (Phi) is 5.83. The number of halogens is 2. The first kappa shape index (κ1) is 15.2. The van der Waals surface area contributed by atoms with Crippen LogP contribution in [0.1, 0.15) is 33.3 Å². The molecule has 0 unspecified atom stereocenters. The molecular weight excluding hydrogens is 249 g/mol. The van der Waals surface area contributed by atoms with Crippen LogP contribution >= 0.6 is 11.6 Å². The van der Waals surface area contributed by atoms with Gasteiger partial charge in [-0.05, 0) is 23.6 Å². The zero-order valence-electron chi connectivity index (χ0n) is 11.4. The summed E-state index contributed by atoms with van der Waals surface area (Å²) < 4.78 is 13.1. The van der Waals surface area contributed by atoms with Crippen LogP contribution in [0.15, 0.2) is 23.8 Å². The molecule has 0 aliphatic rings. The van der Waals surface area contributed by atoms with Crippen LogP contribution in [0.2, 0.25) is 5.02 Å². The molecule has 18 heavy (non-hydrogen) atoms. The van der Waals surface area contributed by atoms with Gasteiger partial charge >= 0.3 is 0 Å². The SMILES string of the molecule is CC(C)NC/C(=C/c1ccc(F)c(Cl)c1)C(C)C. The molecule has 3 heteroatoms. The molecule has 0 fully saturated rings. The monoisotopic (exact) mass is 269 g/mol. The smallest absolute Gasteiger partial charge is 0.141 e. The third-order valence-electron chi connectivity index (χ3n) is 2.75. The van der Waals surface area contributed by atoms with Crippen molar-refractivity contribution >= 4 is 17.7 Å². The molecule has 1 aromatic rings. The molecule has 0 saturated carbocycles. The first-order chi connectivity index (χ1) is 8.40. The van der Waals surface area contributed by atoms with Gasteiger partial charge in [0, 0.05) is 12.6 Å². The van der Waals surface area contributed by atoms with Crippen molar-refractivity contribution in [3.63, 3.8) is 0 Å². The van der Waals surface area contributed by atoms with E-state index in [0.717, 1.165) is 12.1 Å². The van der Waals surface area contributed by atoms with Crippen LogP contribution in [-0.2, 0) is 0 Å². The first-order valence-corrected chi connectivity index (χ1v) is 6.67. The second-order valence-electron chi connectivity index (χ2n) is 5.08. The lowest BCUT2D eigenvalue weighted by molar-refractivity contribution is 0.593. The molecule has 100 valence electrons. The fourth-order valence-corrected chi connectivity index (χ4v) is 1.75. The molecule has 1 aromatic carbocycles. The molecule has 0 spiro atoms. The lowest BCUT2D eigenvalue weighted by atomic mass is 10.00. The van der Waals surface area contributed by atoms with Crippen molar-refractivity contribution in [3.8, 4) is 0 Å². The van der Waals surface area contributed by atoms with Crippen molar-refractivity contribution in [1.82, 2.24) is 5.32 Å². The van der Waals surface area contributed by atoms with E-state index in [-0.39, 0.29) is 10.8 Å². The van der Waals surface area contributed by atoms with Gasteiger partial charge in [-0.3, -0.25) is 0 Å². The van der Waals surface area contributed by atoms with Crippen molar-refractivity contribution in [2.24, 2.45) is 5.92 Å². The molecule has 0 aromatic heterocycles. The van der Waals surface area contributed by atoms with Crippen LogP contribution in [0.4, 0.5) is 4.39 Å². The van der Waals surface area contributed by atoms with E-state index >= 15 is 0 Å². The molecule has 0 heterocycles. The van der Waals surface area contributed by atoms with Gasteiger partial charge in [0.25, 0.3) is 0 Å². The lowest BCUT2D eigenvalue weighted by Crippen LogP contribution is -2.26. The molecule has 0 aliphatic carbocycles. The summed E-state index contributed by atoms with van der Waals surface area (Å²) in [6.07, 6.45) is 2.07. The maximum absolute atomic E-state index is 13.1. The molecule has 1 nitrogen and oxygen atoms in total. The standard InChI is InChI=1S/C15H21ClFN/c1-10(2)13(9-18-11(3)4)7-12-5-6-15(17)14(16)8-12/h5-8,10-11,18H,9H2,1-4H3/b13-7-. The summed E-state index contributed by atoms with van der Waals surface area (Å²) in [5.74, 6) is 0.0697. The van der Waals surface area contributed by atoms with Gasteiger partial charge in [0.15, 0.2) is 0 Å². The quantitative estimate of drug-likeness (QED) is 0.829. The summed E-state index contributed by atoms with van der Waals surface area (Å²) in [5.41, 5.74) is 2.22. The number of hydrogen-bond acceptors (Lipinski definition) is 1. The van der Waals surface area contributed by atoms with Gasteiger partial charge in [0.1, 0.15) is 5.82 Å². The van der Waals surface area contributed by atoms with E-state index < -0.39 is 0 Å². The molecule has 1 N–H and O–H groups in total. The lowest BCUT2D eigenvalue weighted by Gasteiger charge is -2.15. The average Bonchev–Trinajstić information content (AvgIpc) is 2.28. The highest BCUT2D eigenvalue weighted by Crippen LogP contribution is 2.20. The van der Waals surface area contributed by atoms with Gasteiger partial charge in [0.2, 0.25) is 0 Å². The second-order valence-corrected chi connectivity index (χ2v) is 5.49. The summed E-state index contributed by atoms with van der Waals surface area (Å²) in [5, 5.41) is 3.57. The van der Waals surface area contributed by atoms with Crippen LogP contribution in [0.5, 0.6) is 0 Å². The normalized spacial score (nSPS) is 12.6. The van der Waals surface area contributed by atoms with Crippen molar-refractivity contribution in [3.05, 3.63) is 40.2 Å². The predicted molar refractivity (Wildman–Crippen MR) is 77.4 cm³/mol. The summed E-state index contributed by atoms with van der Waals surface area (Å²) in [4.78, 5) is 0. The van der Waals surface area contributed by atoms with Crippen molar-refractivity contribution < 1.29 is 4.39 Å². The summed E-state index contributed by atoms with van der Waals surface area (Å²) in [6, 6.07) is 5.26. The Hall–Kier alpha value is -0.860. The minimum Gasteiger partial charge on any atom is -0.311 e. The van der Waals surface area contributed by atoms with E-state index in [0.29, 0.717) is 12.0 Å². The molecule has 0 aliphatic heterocycles. The van der Waals surface area contributed by atoms with E-state index in [1.54, 1.807) is 12.1 Å². The highest BCUT2D eigenvalue weighted by molar-refractivity contribution is 6.30. The van der Waals surface area contributed by atoms with Gasteiger partial charge in [-0.25, -0.2) is 4.39 Å². The second kappa shape index (κ2) is 6.91. The highest BCUT2D eigenvalue weighted by Gasteiger charge is 2.06. The van der Waals surface area contributed by atoms with Crippen LogP contribution < -0.4 is 5.32 Å². The van der Waals surface area contributed by atoms with Gasteiger partial charge in [0.05, 0.1) is 5.02 Å². The van der Waals surface area contributed by atoms with E-state index in [2.05, 4.69) is 39.1 Å². The van der Waals surface area contributed by atoms with Gasteiger partial charge < -0.3 is 5.32 Å². The largest absolute Gasteiger partial charge is 0.311 e. The van der Waals surface area contributed by atoms with E-state index in [1.165, 1.54) is 11.6 Å². The van der Waals surface area contributed by atoms with Crippen LogP contribution in [0, 0.1) is 11.7 Å². The maximum Gasteiger partial charge on any atom is 0.141 e. The predicted octanol–water partition coefficient (Wildman–Crippen LogP) is 4.52. The summed E-state index contributed by atoms with van der Waals surface area (Å²) >= 11 is 5.78. The third kappa shape index (κ3) is 4.79. The fraction of sp³-hybridized carbons (Fsp3) is 0.467. The molecule has 0 radical (unpaired) electrons. The molecule has 0 bridgehead atoms. The van der Waals surface area contributed by atoms with E-state index in [1.807, 2.05) is 0 Å². The molecular formula is C15H21ClFN. The highest BCUT2D eigenvalue weighted by atomic mass is 35.5. The van der Waals surface area contributed by atoms with Gasteiger partial charge in [-0.2, -0.15) is 0 Å². The molecule has 0 amide bonds. The first-order valence-electron chi connectivity index (χ1n) is 6.29. The Labute approximate surface area is 114 Å². The fourth-order valence-electron chi connectivity index (χ4n) is 1.56. The van der Waals surface area contributed by atoms with Crippen LogP contribution in [0.25, 0.3) is 6.08 Å². The Morgan fingerprint density at radius 3 is 2.50 bits per heavy atom. The number of hydrogen-bond donors (Lipinski definition) is 1. The van der Waals surface area contributed by atoms with Gasteiger partial charge in [-0.1, -0.05) is 57.0 Å². The Bertz CT molecular complexity index is 425. The van der Waals surface area contributed by atoms with Crippen LogP contribution in [0.3, 0.4) is 0 Å². The number of benzene rings is 1. The van der Waals surface area contributed by atoms with Crippen LogP contribution in [-0.4, -0.2) is 12.6 Å². The number of nitrogens with one attached hydrogen (secondary N) is 1.